The van der Waals surface area contributed by atoms with E-state index in [0.717, 1.165) is 0 Å². The first-order chi connectivity index (χ1) is 3.81. The van der Waals surface area contributed by atoms with E-state index in [1.807, 2.05) is 6.26 Å². The van der Waals surface area contributed by atoms with Crippen LogP contribution in [0.15, 0.2) is 0 Å². The molecule has 0 saturated heterocycles. The van der Waals surface area contributed by atoms with E-state index >= 15 is 0 Å². The van der Waals surface area contributed by atoms with E-state index in [1.54, 1.807) is 17.0 Å². The molecule has 0 heterocycles. The van der Waals surface area contributed by atoms with E-state index in [1.165, 1.54) is 32.4 Å². The van der Waals surface area contributed by atoms with E-state index in [2.05, 4.69) is 0 Å². The van der Waals surface area contributed by atoms with Crippen LogP contribution < -0.4 is 0 Å². The summed E-state index contributed by atoms with van der Waals surface area (Å²) in [6.45, 7) is 0. The first-order valence-electron chi connectivity index (χ1n) is 1.76. The summed E-state index contributed by atoms with van der Waals surface area (Å²) >= 11 is 1.25. The molecule has 0 aliphatic carbocycles. The Hall–Kier alpha value is 1.07. The minimum absolute atomic E-state index is 0.171. The van der Waals surface area contributed by atoms with Crippen molar-refractivity contribution < 1.29 is 4.79 Å². The zero-order valence-electron chi connectivity index (χ0n) is 4.54. The van der Waals surface area contributed by atoms with Gasteiger partial charge in [-0.05, 0) is 22.3 Å². The molecule has 0 rings (SSSR count). The van der Waals surface area contributed by atoms with Gasteiger partial charge in [-0.3, -0.25) is 4.79 Å². The van der Waals surface area contributed by atoms with Crippen molar-refractivity contribution in [1.82, 2.24) is 0 Å². The Bertz CT molecular complexity index is 73.7. The van der Waals surface area contributed by atoms with Gasteiger partial charge in [-0.1, -0.05) is 22.6 Å². The van der Waals surface area contributed by atoms with Crippen molar-refractivity contribution in [2.24, 2.45) is 0 Å². The second-order valence-corrected chi connectivity index (χ2v) is 5.95. The molecule has 0 radical (unpaired) electrons. The normalized spacial score (nSPS) is 9.25. The number of carbonyl (C=O) groups excluding carboxylic acids is 1. The molecule has 0 unspecified atom stereocenters. The SMILES string of the molecule is CSSSC(=O)SC. The highest BCUT2D eigenvalue weighted by molar-refractivity contribution is 9.13. The lowest BCUT2D eigenvalue weighted by atomic mass is 11.8. The van der Waals surface area contributed by atoms with Gasteiger partial charge in [0.2, 0.25) is 0 Å². The van der Waals surface area contributed by atoms with Gasteiger partial charge in [0.05, 0.1) is 0 Å². The average molecular weight is 186 g/mol. The summed E-state index contributed by atoms with van der Waals surface area (Å²) in [5.41, 5.74) is 0. The van der Waals surface area contributed by atoms with E-state index in [0.29, 0.717) is 0 Å². The van der Waals surface area contributed by atoms with Crippen molar-refractivity contribution in [3.63, 3.8) is 0 Å². The van der Waals surface area contributed by atoms with Gasteiger partial charge in [0, 0.05) is 10.8 Å². The van der Waals surface area contributed by atoms with Gasteiger partial charge in [-0.2, -0.15) is 0 Å². The van der Waals surface area contributed by atoms with Crippen molar-refractivity contribution >= 4 is 47.6 Å². The highest BCUT2D eigenvalue weighted by Crippen LogP contribution is 2.35. The van der Waals surface area contributed by atoms with Gasteiger partial charge in [0.25, 0.3) is 4.45 Å². The smallest absolute Gasteiger partial charge is 0.257 e. The molecule has 48 valence electrons. The van der Waals surface area contributed by atoms with E-state index in [-0.39, 0.29) is 4.45 Å². The van der Waals surface area contributed by atoms with Crippen molar-refractivity contribution in [1.29, 1.82) is 0 Å². The largest absolute Gasteiger partial charge is 0.273 e. The third-order valence-corrected chi connectivity index (χ3v) is 4.98. The van der Waals surface area contributed by atoms with E-state index in [4.69, 9.17) is 0 Å². The van der Waals surface area contributed by atoms with Crippen LogP contribution in [0.3, 0.4) is 0 Å². The van der Waals surface area contributed by atoms with Gasteiger partial charge in [-0.15, -0.1) is 0 Å². The maximum absolute atomic E-state index is 10.5. The van der Waals surface area contributed by atoms with Crippen LogP contribution in [-0.2, 0) is 0 Å². The van der Waals surface area contributed by atoms with Crippen LogP contribution in [0.25, 0.3) is 0 Å². The summed E-state index contributed by atoms with van der Waals surface area (Å²) in [6.07, 6.45) is 3.74. The molecule has 0 aromatic rings. The lowest BCUT2D eigenvalue weighted by Gasteiger charge is -1.88. The highest BCUT2D eigenvalue weighted by atomic mass is 33.5. The molecule has 0 saturated carbocycles. The molecule has 0 bridgehead atoms. The topological polar surface area (TPSA) is 17.1 Å². The van der Waals surface area contributed by atoms with Crippen molar-refractivity contribution in [2.45, 2.75) is 0 Å². The summed E-state index contributed by atoms with van der Waals surface area (Å²) in [5.74, 6) is 0. The van der Waals surface area contributed by atoms with Crippen LogP contribution in [0.1, 0.15) is 0 Å². The number of hydrogen-bond acceptors (Lipinski definition) is 5. The first-order valence-corrected chi connectivity index (χ1v) is 6.88. The number of hydrogen-bond donors (Lipinski definition) is 0. The number of rotatable bonds is 2. The monoisotopic (exact) mass is 186 g/mol. The average Bonchev–Trinajstić information content (AvgIpc) is 1.83. The lowest BCUT2D eigenvalue weighted by molar-refractivity contribution is 0.277. The fraction of sp³-hybridized carbons (Fsp3) is 0.667. The summed E-state index contributed by atoms with van der Waals surface area (Å²) in [6, 6.07) is 0. The minimum Gasteiger partial charge on any atom is -0.273 e. The molecular weight excluding hydrogens is 180 g/mol. The van der Waals surface area contributed by atoms with Crippen LogP contribution in [0.2, 0.25) is 0 Å². The van der Waals surface area contributed by atoms with E-state index < -0.39 is 0 Å². The summed E-state index contributed by atoms with van der Waals surface area (Å²) in [5, 5.41) is 0. The number of carbonyl (C=O) groups is 1. The van der Waals surface area contributed by atoms with Crippen LogP contribution in [0.4, 0.5) is 4.79 Å². The molecular formula is C3H6OS4. The Morgan fingerprint density at radius 1 is 1.38 bits per heavy atom. The van der Waals surface area contributed by atoms with Gasteiger partial charge >= 0.3 is 0 Å². The molecule has 0 amide bonds. The maximum Gasteiger partial charge on any atom is 0.257 e. The first kappa shape index (κ1) is 9.07. The standard InChI is InChI=1S/C3H6OS4/c1-5-3(4)7-8-6-2/h1-2H3. The molecule has 0 spiro atoms. The second-order valence-electron chi connectivity index (χ2n) is 0.772. The van der Waals surface area contributed by atoms with Gasteiger partial charge < -0.3 is 0 Å². The molecule has 0 N–H and O–H groups in total. The molecule has 0 atom stereocenters. The fourth-order valence-electron chi connectivity index (χ4n) is 0.0958. The Kier molecular flexibility index (Phi) is 7.02. The second kappa shape index (κ2) is 6.19. The van der Waals surface area contributed by atoms with Crippen LogP contribution in [0.5, 0.6) is 0 Å². The Morgan fingerprint density at radius 3 is 2.38 bits per heavy atom. The quantitative estimate of drug-likeness (QED) is 0.614. The highest BCUT2D eigenvalue weighted by Gasteiger charge is 1.97. The Balaban J connectivity index is 2.99. The van der Waals surface area contributed by atoms with Crippen molar-refractivity contribution in [3.8, 4) is 0 Å². The van der Waals surface area contributed by atoms with Crippen molar-refractivity contribution in [3.05, 3.63) is 0 Å². The van der Waals surface area contributed by atoms with Crippen LogP contribution in [0, 0.1) is 0 Å². The zero-order valence-corrected chi connectivity index (χ0v) is 7.81. The summed E-state index contributed by atoms with van der Waals surface area (Å²) < 4.78 is 0.171. The molecule has 8 heavy (non-hydrogen) atoms. The van der Waals surface area contributed by atoms with Crippen LogP contribution >= 0.6 is 43.2 Å². The molecule has 0 aromatic heterocycles. The minimum atomic E-state index is 0.171. The molecule has 0 fully saturated rings. The van der Waals surface area contributed by atoms with Gasteiger partial charge in [-0.25, -0.2) is 0 Å². The molecule has 0 aliphatic rings. The third kappa shape index (κ3) is 5.21. The van der Waals surface area contributed by atoms with Crippen molar-refractivity contribution in [2.75, 3.05) is 12.5 Å². The molecule has 0 aromatic carbocycles. The van der Waals surface area contributed by atoms with Gasteiger partial charge in [0.15, 0.2) is 0 Å². The van der Waals surface area contributed by atoms with Gasteiger partial charge in [0.1, 0.15) is 0 Å². The fourth-order valence-corrected chi connectivity index (χ4v) is 3.34. The number of thioether (sulfide) groups is 1. The Labute approximate surface area is 64.9 Å². The summed E-state index contributed by atoms with van der Waals surface area (Å²) in [7, 11) is 4.37. The molecule has 1 nitrogen and oxygen atoms in total. The molecule has 5 heteroatoms. The van der Waals surface area contributed by atoms with Crippen LogP contribution in [-0.4, -0.2) is 17.0 Å². The predicted molar refractivity (Wildman–Crippen MR) is 47.6 cm³/mol. The zero-order chi connectivity index (χ0) is 6.41. The lowest BCUT2D eigenvalue weighted by Crippen LogP contribution is -1.68. The maximum atomic E-state index is 10.5. The third-order valence-electron chi connectivity index (χ3n) is 0.337. The predicted octanol–water partition coefficient (Wildman–Crippen LogP) is 3.13. The molecule has 0 aliphatic heterocycles. The Morgan fingerprint density at radius 2 is 2.00 bits per heavy atom. The van der Waals surface area contributed by atoms with E-state index in [9.17, 15) is 4.79 Å². The summed E-state index contributed by atoms with van der Waals surface area (Å²) in [4.78, 5) is 10.5.